The Morgan fingerprint density at radius 1 is 1.07 bits per heavy atom. The maximum Gasteiger partial charge on any atom is 0.338 e. The second-order valence-electron chi connectivity index (χ2n) is 8.04. The Hall–Kier alpha value is -3.14. The van der Waals surface area contributed by atoms with E-state index in [4.69, 9.17) is 4.74 Å². The Labute approximate surface area is 177 Å². The third-order valence-corrected chi connectivity index (χ3v) is 5.94. The van der Waals surface area contributed by atoms with Gasteiger partial charge < -0.3 is 9.84 Å². The van der Waals surface area contributed by atoms with Crippen molar-refractivity contribution in [2.75, 3.05) is 0 Å². The van der Waals surface area contributed by atoms with Crippen molar-refractivity contribution in [2.24, 2.45) is 0 Å². The first-order valence-electron chi connectivity index (χ1n) is 10.6. The number of hydrogen-bond donors (Lipinski definition) is 1. The maximum atomic E-state index is 12.3. The summed E-state index contributed by atoms with van der Waals surface area (Å²) in [5.41, 5.74) is 3.17. The highest BCUT2D eigenvalue weighted by Crippen LogP contribution is 2.33. The van der Waals surface area contributed by atoms with Crippen LogP contribution in [0.15, 0.2) is 54.7 Å². The molecule has 4 nitrogen and oxygen atoms in total. The highest BCUT2D eigenvalue weighted by molar-refractivity contribution is 6.24. The third-order valence-electron chi connectivity index (χ3n) is 5.94. The van der Waals surface area contributed by atoms with E-state index in [1.165, 1.54) is 19.3 Å². The van der Waals surface area contributed by atoms with Gasteiger partial charge in [-0.25, -0.2) is 4.79 Å². The molecule has 0 saturated heterocycles. The van der Waals surface area contributed by atoms with Crippen LogP contribution >= 0.6 is 0 Å². The molecule has 1 aliphatic rings. The number of carbonyl (C=O) groups is 1. The Morgan fingerprint density at radius 3 is 2.57 bits per heavy atom. The van der Waals surface area contributed by atoms with Crippen LogP contribution in [0.2, 0.25) is 0 Å². The predicted molar refractivity (Wildman–Crippen MR) is 121 cm³/mol. The first-order valence-corrected chi connectivity index (χ1v) is 10.6. The summed E-state index contributed by atoms with van der Waals surface area (Å²) in [7, 11) is 0. The molecule has 0 amide bonds. The number of aliphatic carboxylic acids is 1. The van der Waals surface area contributed by atoms with E-state index < -0.39 is 5.97 Å². The van der Waals surface area contributed by atoms with Crippen molar-refractivity contribution in [3.8, 4) is 5.75 Å². The fourth-order valence-electron chi connectivity index (χ4n) is 4.28. The number of benzene rings is 2. The van der Waals surface area contributed by atoms with Gasteiger partial charge >= 0.3 is 5.97 Å². The van der Waals surface area contributed by atoms with Crippen molar-refractivity contribution in [1.82, 2.24) is 4.98 Å². The lowest BCUT2D eigenvalue weighted by Crippen LogP contribution is -2.20. The normalized spacial score (nSPS) is 15.7. The molecule has 0 spiro atoms. The molecule has 1 N–H and O–H groups in total. The van der Waals surface area contributed by atoms with Gasteiger partial charge in [0.15, 0.2) is 0 Å². The number of aryl methyl sites for hydroxylation is 1. The summed E-state index contributed by atoms with van der Waals surface area (Å²) in [4.78, 5) is 16.8. The van der Waals surface area contributed by atoms with Gasteiger partial charge in [-0.05, 0) is 61.4 Å². The fourth-order valence-corrected chi connectivity index (χ4v) is 4.28. The molecule has 1 heterocycles. The standard InChI is InChI=1S/C26H27NO3/c1-17-16-27-23(15-24(17)30-20-11-4-3-5-12-20)25(26(28)29)18(2)21-14-8-10-19-9-6-7-13-22(19)21/h6-10,13-16,20H,3-5,11-12H2,1-2H3,(H,28,29). The van der Waals surface area contributed by atoms with Crippen molar-refractivity contribution < 1.29 is 14.6 Å². The van der Waals surface area contributed by atoms with Crippen molar-refractivity contribution in [3.05, 3.63) is 71.5 Å². The summed E-state index contributed by atoms with van der Waals surface area (Å²) >= 11 is 0. The fraction of sp³-hybridized carbons (Fsp3) is 0.308. The molecule has 1 fully saturated rings. The molecule has 154 valence electrons. The van der Waals surface area contributed by atoms with Crippen molar-refractivity contribution in [1.29, 1.82) is 0 Å². The monoisotopic (exact) mass is 401 g/mol. The zero-order chi connectivity index (χ0) is 21.1. The summed E-state index contributed by atoms with van der Waals surface area (Å²) in [6, 6.07) is 15.8. The quantitative estimate of drug-likeness (QED) is 0.512. The Bertz CT molecular complexity index is 1100. The molecule has 30 heavy (non-hydrogen) atoms. The van der Waals surface area contributed by atoms with E-state index in [2.05, 4.69) is 4.98 Å². The molecule has 4 heteroatoms. The van der Waals surface area contributed by atoms with Crippen molar-refractivity contribution in [2.45, 2.75) is 52.1 Å². The van der Waals surface area contributed by atoms with Crippen LogP contribution in [0.5, 0.6) is 5.75 Å². The SMILES string of the molecule is CC(=C(C(=O)O)c1cc(OC2CCCCC2)c(C)cn1)c1cccc2ccccc12. The Balaban J connectivity index is 1.79. The average molecular weight is 402 g/mol. The molecule has 0 unspecified atom stereocenters. The number of carboxylic acid groups (broad SMARTS) is 1. The average Bonchev–Trinajstić information content (AvgIpc) is 2.76. The third kappa shape index (κ3) is 4.09. The van der Waals surface area contributed by atoms with Gasteiger partial charge in [-0.1, -0.05) is 48.9 Å². The number of nitrogens with zero attached hydrogens (tertiary/aromatic N) is 1. The molecule has 0 atom stereocenters. The summed E-state index contributed by atoms with van der Waals surface area (Å²) in [6.07, 6.45) is 7.64. The van der Waals surface area contributed by atoms with Gasteiger partial charge in [0.25, 0.3) is 0 Å². The molecule has 2 aromatic carbocycles. The van der Waals surface area contributed by atoms with Crippen LogP contribution in [0.3, 0.4) is 0 Å². The molecule has 0 bridgehead atoms. The maximum absolute atomic E-state index is 12.3. The summed E-state index contributed by atoms with van der Waals surface area (Å²) in [5.74, 6) is -0.253. The van der Waals surface area contributed by atoms with Crippen molar-refractivity contribution >= 4 is 27.9 Å². The van der Waals surface area contributed by atoms with Gasteiger partial charge in [-0.15, -0.1) is 0 Å². The van der Waals surface area contributed by atoms with E-state index in [1.54, 1.807) is 12.3 Å². The van der Waals surface area contributed by atoms with Gasteiger partial charge in [-0.3, -0.25) is 4.98 Å². The molecule has 0 aliphatic heterocycles. The van der Waals surface area contributed by atoms with Gasteiger partial charge in [0.2, 0.25) is 0 Å². The molecule has 1 aromatic heterocycles. The number of ether oxygens (including phenoxy) is 1. The van der Waals surface area contributed by atoms with E-state index in [9.17, 15) is 9.90 Å². The van der Waals surface area contributed by atoms with Crippen LogP contribution in [0.25, 0.3) is 21.9 Å². The number of aromatic nitrogens is 1. The molecular formula is C26H27NO3. The van der Waals surface area contributed by atoms with E-state index in [-0.39, 0.29) is 11.7 Å². The minimum Gasteiger partial charge on any atom is -0.490 e. The number of rotatable bonds is 5. The molecular weight excluding hydrogens is 374 g/mol. The van der Waals surface area contributed by atoms with E-state index in [0.717, 1.165) is 40.5 Å². The zero-order valence-electron chi connectivity index (χ0n) is 17.5. The van der Waals surface area contributed by atoms with Gasteiger partial charge in [0.1, 0.15) is 5.75 Å². The minimum atomic E-state index is -0.986. The van der Waals surface area contributed by atoms with Gasteiger partial charge in [0.05, 0.1) is 17.4 Å². The van der Waals surface area contributed by atoms with E-state index in [0.29, 0.717) is 11.3 Å². The van der Waals surface area contributed by atoms with Crippen LogP contribution in [-0.2, 0) is 4.79 Å². The van der Waals surface area contributed by atoms with Gasteiger partial charge in [-0.2, -0.15) is 0 Å². The lowest BCUT2D eigenvalue weighted by atomic mass is 9.94. The molecule has 3 aromatic rings. The molecule has 1 saturated carbocycles. The molecule has 1 aliphatic carbocycles. The largest absolute Gasteiger partial charge is 0.490 e. The number of carboxylic acids is 1. The van der Waals surface area contributed by atoms with Crippen LogP contribution in [0.1, 0.15) is 55.8 Å². The molecule has 4 rings (SSSR count). The van der Waals surface area contributed by atoms with E-state index in [1.807, 2.05) is 56.3 Å². The number of hydrogen-bond acceptors (Lipinski definition) is 3. The van der Waals surface area contributed by atoms with Gasteiger partial charge in [0, 0.05) is 17.8 Å². The second-order valence-corrected chi connectivity index (χ2v) is 8.04. The first-order chi connectivity index (χ1) is 14.5. The number of pyridine rings is 1. The topological polar surface area (TPSA) is 59.4 Å². The Morgan fingerprint density at radius 2 is 1.80 bits per heavy atom. The molecule has 0 radical (unpaired) electrons. The predicted octanol–water partition coefficient (Wildman–Crippen LogP) is 6.27. The number of fused-ring (bicyclic) bond motifs is 1. The van der Waals surface area contributed by atoms with Crippen LogP contribution in [0.4, 0.5) is 0 Å². The Kier molecular flexibility index (Phi) is 5.84. The number of allylic oxidation sites excluding steroid dienone is 1. The highest BCUT2D eigenvalue weighted by atomic mass is 16.5. The summed E-state index contributed by atoms with van der Waals surface area (Å²) in [6.45, 7) is 3.81. The van der Waals surface area contributed by atoms with Crippen LogP contribution in [0, 0.1) is 6.92 Å². The summed E-state index contributed by atoms with van der Waals surface area (Å²) < 4.78 is 6.26. The lowest BCUT2D eigenvalue weighted by Gasteiger charge is -2.24. The van der Waals surface area contributed by atoms with Crippen LogP contribution < -0.4 is 4.74 Å². The minimum absolute atomic E-state index is 0.198. The summed E-state index contributed by atoms with van der Waals surface area (Å²) in [5, 5.41) is 12.2. The second kappa shape index (κ2) is 8.70. The van der Waals surface area contributed by atoms with Crippen LogP contribution in [-0.4, -0.2) is 22.2 Å². The smallest absolute Gasteiger partial charge is 0.338 e. The van der Waals surface area contributed by atoms with Crippen molar-refractivity contribution in [3.63, 3.8) is 0 Å². The van der Waals surface area contributed by atoms with E-state index >= 15 is 0 Å². The zero-order valence-corrected chi connectivity index (χ0v) is 17.5. The first kappa shape index (κ1) is 20.1. The highest BCUT2D eigenvalue weighted by Gasteiger charge is 2.21. The lowest BCUT2D eigenvalue weighted by molar-refractivity contribution is -0.130.